The van der Waals surface area contributed by atoms with Crippen LogP contribution >= 0.6 is 12.2 Å². The molecule has 0 aliphatic carbocycles. The second-order valence-electron chi connectivity index (χ2n) is 3.00. The lowest BCUT2D eigenvalue weighted by atomic mass is 10.3. The van der Waals surface area contributed by atoms with Crippen molar-refractivity contribution in [2.24, 2.45) is 0 Å². The van der Waals surface area contributed by atoms with Crippen LogP contribution in [-0.2, 0) is 0 Å². The molecule has 0 aliphatic heterocycles. The van der Waals surface area contributed by atoms with Crippen LogP contribution in [0.4, 0.5) is 5.95 Å². The highest BCUT2D eigenvalue weighted by Gasteiger charge is 2.10. The van der Waals surface area contributed by atoms with Crippen LogP contribution in [0.15, 0.2) is 24.5 Å². The van der Waals surface area contributed by atoms with Gasteiger partial charge in [-0.3, -0.25) is 4.98 Å². The highest BCUT2D eigenvalue weighted by Crippen LogP contribution is 2.14. The van der Waals surface area contributed by atoms with Crippen molar-refractivity contribution >= 4 is 23.3 Å². The van der Waals surface area contributed by atoms with E-state index in [1.54, 1.807) is 19.4 Å². The lowest BCUT2D eigenvalue weighted by molar-refractivity contribution is 0.915. The van der Waals surface area contributed by atoms with Gasteiger partial charge >= 0.3 is 0 Å². The molecule has 0 aliphatic rings. The van der Waals surface area contributed by atoms with Crippen LogP contribution < -0.4 is 11.1 Å². The second-order valence-corrected chi connectivity index (χ2v) is 3.38. The summed E-state index contributed by atoms with van der Waals surface area (Å²) in [5.74, 6) is 0.781. The van der Waals surface area contributed by atoms with E-state index in [1.807, 2.05) is 12.1 Å². The summed E-state index contributed by atoms with van der Waals surface area (Å²) in [6.45, 7) is 0. The number of nitrogens with two attached hydrogens (primary N) is 1. The Morgan fingerprint density at radius 2 is 2.12 bits per heavy atom. The van der Waals surface area contributed by atoms with Gasteiger partial charge in [-0.15, -0.1) is 5.10 Å². The summed E-state index contributed by atoms with van der Waals surface area (Å²) in [4.78, 5) is 8.04. The van der Waals surface area contributed by atoms with Gasteiger partial charge in [0, 0.05) is 25.0 Å². The zero-order valence-corrected chi connectivity index (χ0v) is 9.40. The summed E-state index contributed by atoms with van der Waals surface area (Å²) in [5.41, 5.74) is 6.55. The highest BCUT2D eigenvalue weighted by atomic mass is 32.1. The predicted molar refractivity (Wildman–Crippen MR) is 64.7 cm³/mol. The fourth-order valence-corrected chi connectivity index (χ4v) is 1.34. The Kier molecular flexibility index (Phi) is 2.78. The van der Waals surface area contributed by atoms with Gasteiger partial charge < -0.3 is 11.1 Å². The number of nitrogens with one attached hydrogen (secondary N) is 1. The number of hydrogen-bond acceptors (Lipinski definition) is 5. The number of pyridine rings is 1. The lowest BCUT2D eigenvalue weighted by Crippen LogP contribution is -2.26. The Balaban J connectivity index is 2.42. The van der Waals surface area contributed by atoms with Crippen LogP contribution in [0.25, 0.3) is 11.4 Å². The molecule has 0 amide bonds. The average Bonchev–Trinajstić information content (AvgIpc) is 2.71. The van der Waals surface area contributed by atoms with Crippen LogP contribution in [0, 0.1) is 0 Å². The summed E-state index contributed by atoms with van der Waals surface area (Å²) in [7, 11) is 1.70. The van der Waals surface area contributed by atoms with Gasteiger partial charge in [0.15, 0.2) is 10.9 Å². The van der Waals surface area contributed by atoms with Crippen LogP contribution in [0.2, 0.25) is 0 Å². The number of anilines is 1. The fraction of sp³-hybridized carbons (Fsp3) is 0.111. The van der Waals surface area contributed by atoms with Gasteiger partial charge in [-0.05, 0) is 24.4 Å². The molecule has 0 radical (unpaired) electrons. The molecule has 0 spiro atoms. The topological polar surface area (TPSA) is 81.7 Å². The van der Waals surface area contributed by atoms with E-state index in [9.17, 15) is 0 Å². The Morgan fingerprint density at radius 3 is 2.75 bits per heavy atom. The molecular formula is C9H10N6S. The molecule has 0 bridgehead atoms. The van der Waals surface area contributed by atoms with E-state index in [2.05, 4.69) is 20.4 Å². The molecular weight excluding hydrogens is 224 g/mol. The lowest BCUT2D eigenvalue weighted by Gasteiger charge is -2.01. The molecule has 3 N–H and O–H groups in total. The number of hydrogen-bond donors (Lipinski definition) is 2. The molecule has 2 heterocycles. The number of thiocarbonyl (C=S) groups is 1. The van der Waals surface area contributed by atoms with Gasteiger partial charge in [-0.25, -0.2) is 0 Å². The van der Waals surface area contributed by atoms with Crippen LogP contribution in [0.1, 0.15) is 0 Å². The Bertz CT molecular complexity index is 506. The van der Waals surface area contributed by atoms with Gasteiger partial charge in [-0.1, -0.05) is 0 Å². The minimum atomic E-state index is 0.256. The first-order valence-electron chi connectivity index (χ1n) is 4.57. The second kappa shape index (κ2) is 4.23. The number of nitrogen functional groups attached to an aromatic ring is 1. The van der Waals surface area contributed by atoms with Gasteiger partial charge in [0.25, 0.3) is 0 Å². The zero-order valence-electron chi connectivity index (χ0n) is 8.58. The minimum absolute atomic E-state index is 0.256. The molecule has 0 saturated carbocycles. The monoisotopic (exact) mass is 234 g/mol. The van der Waals surface area contributed by atoms with Gasteiger partial charge in [0.2, 0.25) is 5.95 Å². The molecule has 0 fully saturated rings. The molecule has 6 nitrogen and oxygen atoms in total. The largest absolute Gasteiger partial charge is 0.368 e. The minimum Gasteiger partial charge on any atom is -0.368 e. The summed E-state index contributed by atoms with van der Waals surface area (Å²) < 4.78 is 1.38. The average molecular weight is 234 g/mol. The smallest absolute Gasteiger partial charge is 0.226 e. The first kappa shape index (κ1) is 10.5. The van der Waals surface area contributed by atoms with E-state index < -0.39 is 0 Å². The van der Waals surface area contributed by atoms with Crippen LogP contribution in [-0.4, -0.2) is 31.9 Å². The molecule has 2 rings (SSSR count). The third-order valence-electron chi connectivity index (χ3n) is 1.98. The molecule has 2 aromatic rings. The van der Waals surface area contributed by atoms with Crippen molar-refractivity contribution in [2.45, 2.75) is 0 Å². The van der Waals surface area contributed by atoms with Gasteiger partial charge in [0.05, 0.1) is 0 Å². The first-order valence-corrected chi connectivity index (χ1v) is 4.98. The zero-order chi connectivity index (χ0) is 11.5. The Hall–Kier alpha value is -2.02. The maximum absolute atomic E-state index is 5.70. The van der Waals surface area contributed by atoms with Crippen molar-refractivity contribution in [3.8, 4) is 11.4 Å². The molecule has 82 valence electrons. The molecule has 0 aromatic carbocycles. The van der Waals surface area contributed by atoms with Crippen molar-refractivity contribution in [1.29, 1.82) is 0 Å². The standard InChI is InChI=1S/C9H10N6S/c1-11-9(16)15-8(10)13-7(14-15)6-2-4-12-5-3-6/h2-5H,1H3,(H,11,16)(H2,10,13,14). The third kappa shape index (κ3) is 1.84. The van der Waals surface area contributed by atoms with E-state index in [4.69, 9.17) is 18.0 Å². The van der Waals surface area contributed by atoms with Gasteiger partial charge in [0.1, 0.15) is 0 Å². The fourth-order valence-electron chi connectivity index (χ4n) is 1.20. The normalized spacial score (nSPS) is 10.1. The van der Waals surface area contributed by atoms with E-state index in [0.717, 1.165) is 5.56 Å². The van der Waals surface area contributed by atoms with Crippen molar-refractivity contribution in [2.75, 3.05) is 12.8 Å². The first-order chi connectivity index (χ1) is 7.72. The molecule has 0 unspecified atom stereocenters. The maximum atomic E-state index is 5.70. The summed E-state index contributed by atoms with van der Waals surface area (Å²) in [5, 5.41) is 7.39. The number of rotatable bonds is 1. The molecule has 2 aromatic heterocycles. The van der Waals surface area contributed by atoms with Crippen molar-refractivity contribution in [3.05, 3.63) is 24.5 Å². The van der Waals surface area contributed by atoms with Crippen molar-refractivity contribution in [1.82, 2.24) is 25.1 Å². The van der Waals surface area contributed by atoms with E-state index in [1.165, 1.54) is 4.68 Å². The SMILES string of the molecule is CNC(=S)n1nc(-c2ccncc2)nc1N. The van der Waals surface area contributed by atoms with E-state index >= 15 is 0 Å². The predicted octanol–water partition coefficient (Wildman–Crippen LogP) is 0.275. The van der Waals surface area contributed by atoms with E-state index in [-0.39, 0.29) is 5.95 Å². The van der Waals surface area contributed by atoms with Crippen molar-refractivity contribution < 1.29 is 0 Å². The van der Waals surface area contributed by atoms with Gasteiger partial charge in [-0.2, -0.15) is 9.67 Å². The quantitative estimate of drug-likeness (QED) is 0.689. The summed E-state index contributed by atoms with van der Waals surface area (Å²) in [6.07, 6.45) is 3.34. The highest BCUT2D eigenvalue weighted by molar-refractivity contribution is 7.80. The summed E-state index contributed by atoms with van der Waals surface area (Å²) >= 11 is 5.03. The molecule has 0 saturated heterocycles. The van der Waals surface area contributed by atoms with Crippen LogP contribution in [0.5, 0.6) is 0 Å². The number of aromatic nitrogens is 4. The molecule has 7 heteroatoms. The Morgan fingerprint density at radius 1 is 1.44 bits per heavy atom. The number of nitrogens with zero attached hydrogens (tertiary/aromatic N) is 4. The van der Waals surface area contributed by atoms with E-state index in [0.29, 0.717) is 10.9 Å². The third-order valence-corrected chi connectivity index (χ3v) is 2.35. The summed E-state index contributed by atoms with van der Waals surface area (Å²) in [6, 6.07) is 3.61. The molecule has 16 heavy (non-hydrogen) atoms. The van der Waals surface area contributed by atoms with Crippen molar-refractivity contribution in [3.63, 3.8) is 0 Å². The molecule has 0 atom stereocenters. The maximum Gasteiger partial charge on any atom is 0.226 e. The van der Waals surface area contributed by atoms with Crippen LogP contribution in [0.3, 0.4) is 0 Å². The Labute approximate surface area is 97.5 Å².